The molecule has 4 nitrogen and oxygen atoms in total. The van der Waals surface area contributed by atoms with Crippen LogP contribution in [0.3, 0.4) is 0 Å². The number of rotatable bonds is 4. The van der Waals surface area contributed by atoms with Crippen molar-refractivity contribution >= 4 is 23.5 Å². The number of nitrogens with zero attached hydrogens (tertiary/aromatic N) is 2. The number of nitriles is 1. The highest BCUT2D eigenvalue weighted by atomic mass is 16.5. The van der Waals surface area contributed by atoms with E-state index in [1.54, 1.807) is 36.5 Å². The Hall–Kier alpha value is -3.10. The van der Waals surface area contributed by atoms with E-state index in [2.05, 4.69) is 17.6 Å². The van der Waals surface area contributed by atoms with Crippen LogP contribution in [0.25, 0.3) is 16.4 Å². The van der Waals surface area contributed by atoms with Gasteiger partial charge in [-0.3, -0.25) is 4.98 Å². The maximum Gasteiger partial charge on any atom is 0.560 e. The van der Waals surface area contributed by atoms with Gasteiger partial charge in [-0.1, -0.05) is 36.9 Å². The van der Waals surface area contributed by atoms with Crippen LogP contribution >= 0.6 is 0 Å². The van der Waals surface area contributed by atoms with E-state index in [9.17, 15) is 5.02 Å². The SMILES string of the molecule is C=C(B(O)Oc1cccc2cccnc12)c1cccc(C#N)c1. The van der Waals surface area contributed by atoms with Crippen LogP contribution in [0.4, 0.5) is 0 Å². The molecule has 0 saturated heterocycles. The van der Waals surface area contributed by atoms with Gasteiger partial charge in [0.2, 0.25) is 0 Å². The van der Waals surface area contributed by atoms with E-state index in [4.69, 9.17) is 9.92 Å². The van der Waals surface area contributed by atoms with E-state index in [1.165, 1.54) is 0 Å². The van der Waals surface area contributed by atoms with Crippen LogP contribution in [0.2, 0.25) is 0 Å². The Morgan fingerprint density at radius 2 is 1.96 bits per heavy atom. The lowest BCUT2D eigenvalue weighted by Gasteiger charge is -2.14. The number of hydrogen-bond donors (Lipinski definition) is 1. The van der Waals surface area contributed by atoms with Crippen molar-refractivity contribution in [3.63, 3.8) is 0 Å². The van der Waals surface area contributed by atoms with Crippen molar-refractivity contribution < 1.29 is 9.68 Å². The number of benzene rings is 2. The zero-order chi connectivity index (χ0) is 16.2. The lowest BCUT2D eigenvalue weighted by atomic mass is 9.75. The van der Waals surface area contributed by atoms with E-state index in [-0.39, 0.29) is 0 Å². The molecule has 0 saturated carbocycles. The smallest absolute Gasteiger partial charge is 0.531 e. The summed E-state index contributed by atoms with van der Waals surface area (Å²) in [5.41, 5.74) is 2.22. The molecule has 5 heteroatoms. The molecule has 3 aromatic rings. The molecule has 23 heavy (non-hydrogen) atoms. The largest absolute Gasteiger partial charge is 0.560 e. The molecule has 110 valence electrons. The molecule has 0 unspecified atom stereocenters. The van der Waals surface area contributed by atoms with Crippen LogP contribution < -0.4 is 4.65 Å². The molecule has 0 fully saturated rings. The molecule has 0 bridgehead atoms. The molecular weight excluding hydrogens is 287 g/mol. The van der Waals surface area contributed by atoms with Crippen LogP contribution in [-0.2, 0) is 0 Å². The average molecular weight is 300 g/mol. The molecule has 0 aliphatic rings. The fraction of sp³-hybridized carbons (Fsp3) is 0. The average Bonchev–Trinajstić information content (AvgIpc) is 2.61. The third-order valence-electron chi connectivity index (χ3n) is 3.49. The Balaban J connectivity index is 1.87. The Morgan fingerprint density at radius 1 is 1.17 bits per heavy atom. The second kappa shape index (κ2) is 6.35. The van der Waals surface area contributed by atoms with Gasteiger partial charge in [0.05, 0.1) is 11.6 Å². The summed E-state index contributed by atoms with van der Waals surface area (Å²) in [4.78, 5) is 4.28. The van der Waals surface area contributed by atoms with Gasteiger partial charge in [-0.05, 0) is 35.3 Å². The number of fused-ring (bicyclic) bond motifs is 1. The second-order valence-corrected chi connectivity index (χ2v) is 5.02. The molecule has 0 spiro atoms. The predicted octanol–water partition coefficient (Wildman–Crippen LogP) is 3.22. The summed E-state index contributed by atoms with van der Waals surface area (Å²) in [6.45, 7) is 3.87. The molecule has 0 atom stereocenters. The molecule has 2 aromatic carbocycles. The first kappa shape index (κ1) is 14.8. The molecule has 1 N–H and O–H groups in total. The lowest BCUT2D eigenvalue weighted by molar-refractivity contribution is 0.436. The maximum absolute atomic E-state index is 10.3. The molecule has 0 aliphatic heterocycles. The van der Waals surface area contributed by atoms with E-state index in [1.807, 2.05) is 24.3 Å². The Morgan fingerprint density at radius 3 is 2.78 bits per heavy atom. The van der Waals surface area contributed by atoms with Gasteiger partial charge in [0.25, 0.3) is 0 Å². The van der Waals surface area contributed by atoms with Crippen molar-refractivity contribution in [2.45, 2.75) is 0 Å². The normalized spacial score (nSPS) is 10.1. The van der Waals surface area contributed by atoms with Crippen molar-refractivity contribution in [2.75, 3.05) is 0 Å². The van der Waals surface area contributed by atoms with Crippen LogP contribution in [0.5, 0.6) is 5.75 Å². The van der Waals surface area contributed by atoms with Gasteiger partial charge >= 0.3 is 7.12 Å². The standard InChI is InChI=1S/C18H13BN2O2/c1-13(16-7-2-5-14(11-16)12-20)19(22)23-17-9-3-6-15-8-4-10-21-18(15)17/h2-11,22H,1H2. The first-order chi connectivity index (χ1) is 11.2. The van der Waals surface area contributed by atoms with E-state index in [0.717, 1.165) is 5.39 Å². The molecule has 1 heterocycles. The number of aromatic nitrogens is 1. The third-order valence-corrected chi connectivity index (χ3v) is 3.49. The minimum absolute atomic E-state index is 0.384. The summed E-state index contributed by atoms with van der Waals surface area (Å²) in [6.07, 6.45) is 1.67. The highest BCUT2D eigenvalue weighted by Gasteiger charge is 2.23. The zero-order valence-electron chi connectivity index (χ0n) is 12.3. The zero-order valence-corrected chi connectivity index (χ0v) is 12.3. The predicted molar refractivity (Wildman–Crippen MR) is 90.5 cm³/mol. The minimum atomic E-state index is -1.23. The molecule has 3 rings (SSSR count). The number of pyridine rings is 1. The second-order valence-electron chi connectivity index (χ2n) is 5.02. The van der Waals surface area contributed by atoms with Gasteiger partial charge in [-0.15, -0.1) is 0 Å². The fourth-order valence-electron chi connectivity index (χ4n) is 2.29. The topological polar surface area (TPSA) is 66.1 Å². The van der Waals surface area contributed by atoms with Gasteiger partial charge < -0.3 is 9.68 Å². The fourth-order valence-corrected chi connectivity index (χ4v) is 2.29. The van der Waals surface area contributed by atoms with Crippen molar-refractivity contribution in [3.8, 4) is 11.8 Å². The summed E-state index contributed by atoms with van der Waals surface area (Å²) in [5.74, 6) is 0.480. The monoisotopic (exact) mass is 300 g/mol. The molecule has 0 amide bonds. The van der Waals surface area contributed by atoms with Crippen LogP contribution in [-0.4, -0.2) is 17.1 Å². The van der Waals surface area contributed by atoms with E-state index < -0.39 is 7.12 Å². The number of hydrogen-bond acceptors (Lipinski definition) is 4. The summed E-state index contributed by atoms with van der Waals surface area (Å²) in [7, 11) is -1.23. The van der Waals surface area contributed by atoms with Crippen molar-refractivity contribution in [1.82, 2.24) is 4.98 Å². The minimum Gasteiger partial charge on any atom is -0.531 e. The quantitative estimate of drug-likeness (QED) is 0.751. The van der Waals surface area contributed by atoms with Crippen LogP contribution in [0, 0.1) is 11.3 Å². The van der Waals surface area contributed by atoms with Gasteiger partial charge in [-0.25, -0.2) is 0 Å². The van der Waals surface area contributed by atoms with Crippen LogP contribution in [0.15, 0.2) is 67.4 Å². The third kappa shape index (κ3) is 3.08. The lowest BCUT2D eigenvalue weighted by Crippen LogP contribution is -2.23. The van der Waals surface area contributed by atoms with Gasteiger partial charge in [0, 0.05) is 11.6 Å². The summed E-state index contributed by atoms with van der Waals surface area (Å²) < 4.78 is 5.63. The van der Waals surface area contributed by atoms with Gasteiger partial charge in [-0.2, -0.15) is 5.26 Å². The maximum atomic E-state index is 10.3. The Bertz CT molecular complexity index is 913. The molecule has 1 aromatic heterocycles. The first-order valence-electron chi connectivity index (χ1n) is 7.07. The molecule has 0 aliphatic carbocycles. The van der Waals surface area contributed by atoms with Crippen molar-refractivity contribution in [3.05, 3.63) is 78.5 Å². The van der Waals surface area contributed by atoms with E-state index in [0.29, 0.717) is 27.9 Å². The summed E-state index contributed by atoms with van der Waals surface area (Å²) in [6, 6.07) is 18.2. The summed E-state index contributed by atoms with van der Waals surface area (Å²) >= 11 is 0. The highest BCUT2D eigenvalue weighted by Crippen LogP contribution is 2.25. The number of para-hydroxylation sites is 1. The van der Waals surface area contributed by atoms with Gasteiger partial charge in [0.15, 0.2) is 0 Å². The van der Waals surface area contributed by atoms with Crippen LogP contribution in [0.1, 0.15) is 11.1 Å². The van der Waals surface area contributed by atoms with Crippen molar-refractivity contribution in [2.24, 2.45) is 0 Å². The molecule has 0 radical (unpaired) electrons. The van der Waals surface area contributed by atoms with Crippen molar-refractivity contribution in [1.29, 1.82) is 5.26 Å². The Kier molecular flexibility index (Phi) is 4.09. The van der Waals surface area contributed by atoms with E-state index >= 15 is 0 Å². The Labute approximate surface area is 134 Å². The first-order valence-corrected chi connectivity index (χ1v) is 7.07. The van der Waals surface area contributed by atoms with Gasteiger partial charge in [0.1, 0.15) is 11.3 Å². The summed E-state index contributed by atoms with van der Waals surface area (Å²) in [5, 5.41) is 20.2. The highest BCUT2D eigenvalue weighted by molar-refractivity contribution is 6.67. The molecular formula is C18H13BN2O2.